The van der Waals surface area contributed by atoms with Crippen molar-refractivity contribution in [3.05, 3.63) is 101 Å². The van der Waals surface area contributed by atoms with Crippen molar-refractivity contribution in [2.45, 2.75) is 37.8 Å². The van der Waals surface area contributed by atoms with E-state index in [2.05, 4.69) is 5.32 Å². The molecule has 0 saturated carbocycles. The fourth-order valence-electron chi connectivity index (χ4n) is 3.55. The Balaban J connectivity index is 1.90. The van der Waals surface area contributed by atoms with Crippen LogP contribution >= 0.6 is 23.4 Å². The first kappa shape index (κ1) is 26.8. The zero-order valence-electron chi connectivity index (χ0n) is 19.9. The van der Waals surface area contributed by atoms with Crippen LogP contribution in [0.2, 0.25) is 5.02 Å². The molecular weight excluding hydrogens is 483 g/mol. The maximum atomic E-state index is 14.6. The number of nitrogens with one attached hydrogen (secondary N) is 1. The third kappa shape index (κ3) is 8.41. The normalized spacial score (nSPS) is 11.8. The number of nitrogens with zero attached hydrogens (tertiary/aromatic N) is 1. The van der Waals surface area contributed by atoms with E-state index in [-0.39, 0.29) is 30.0 Å². The second-order valence-electron chi connectivity index (χ2n) is 8.70. The molecule has 1 atom stereocenters. The molecule has 0 fully saturated rings. The minimum atomic E-state index is -0.783. The van der Waals surface area contributed by atoms with E-state index in [0.717, 1.165) is 10.5 Å². The zero-order valence-corrected chi connectivity index (χ0v) is 21.5. The van der Waals surface area contributed by atoms with Gasteiger partial charge < -0.3 is 10.2 Å². The lowest BCUT2D eigenvalue weighted by Crippen LogP contribution is -2.51. The highest BCUT2D eigenvalue weighted by atomic mass is 35.5. The summed E-state index contributed by atoms with van der Waals surface area (Å²) in [7, 11) is 0. The lowest BCUT2D eigenvalue weighted by molar-refractivity contribution is -0.139. The molecule has 3 aromatic rings. The van der Waals surface area contributed by atoms with E-state index >= 15 is 0 Å². The summed E-state index contributed by atoms with van der Waals surface area (Å²) in [4.78, 5) is 29.3. The number of benzene rings is 3. The number of thioether (sulfide) groups is 1. The lowest BCUT2D eigenvalue weighted by Gasteiger charge is -2.32. The average molecular weight is 513 g/mol. The molecule has 0 aliphatic carbocycles. The van der Waals surface area contributed by atoms with Gasteiger partial charge in [-0.3, -0.25) is 9.59 Å². The van der Waals surface area contributed by atoms with Crippen molar-refractivity contribution < 1.29 is 14.0 Å². The minimum absolute atomic E-state index is 0.000711. The smallest absolute Gasteiger partial charge is 0.243 e. The maximum absolute atomic E-state index is 14.6. The Kier molecular flexibility index (Phi) is 10.2. The SMILES string of the molecule is CC(C)CNC(=O)[C@@H](Cc1ccccc1)N(Cc1ccccc1F)C(=O)CSc1ccc(Cl)cc1. The van der Waals surface area contributed by atoms with Crippen molar-refractivity contribution in [2.75, 3.05) is 12.3 Å². The molecule has 3 aromatic carbocycles. The number of carbonyl (C=O) groups is 2. The lowest BCUT2D eigenvalue weighted by atomic mass is 10.0. The topological polar surface area (TPSA) is 49.4 Å². The Morgan fingerprint density at radius 2 is 1.63 bits per heavy atom. The van der Waals surface area contributed by atoms with E-state index in [1.807, 2.05) is 56.3 Å². The van der Waals surface area contributed by atoms with Gasteiger partial charge in [0.05, 0.1) is 5.75 Å². The number of rotatable bonds is 11. The van der Waals surface area contributed by atoms with Crippen LogP contribution in [0.4, 0.5) is 4.39 Å². The Labute approximate surface area is 215 Å². The zero-order chi connectivity index (χ0) is 25.2. The summed E-state index contributed by atoms with van der Waals surface area (Å²) >= 11 is 7.33. The third-order valence-corrected chi connectivity index (χ3v) is 6.68. The van der Waals surface area contributed by atoms with Crippen molar-refractivity contribution in [3.8, 4) is 0 Å². The van der Waals surface area contributed by atoms with E-state index in [1.54, 1.807) is 30.3 Å². The molecule has 0 radical (unpaired) electrons. The molecule has 0 bridgehead atoms. The average Bonchev–Trinajstić information content (AvgIpc) is 2.85. The second-order valence-corrected chi connectivity index (χ2v) is 10.2. The number of halogens is 2. The molecule has 3 rings (SSSR count). The van der Waals surface area contributed by atoms with Gasteiger partial charge in [0.2, 0.25) is 11.8 Å². The summed E-state index contributed by atoms with van der Waals surface area (Å²) in [6, 6.07) is 22.4. The van der Waals surface area contributed by atoms with Crippen molar-refractivity contribution in [3.63, 3.8) is 0 Å². The van der Waals surface area contributed by atoms with Crippen LogP contribution in [0.5, 0.6) is 0 Å². The third-order valence-electron chi connectivity index (χ3n) is 5.43. The molecule has 0 saturated heterocycles. The fourth-order valence-corrected chi connectivity index (χ4v) is 4.46. The molecule has 35 heavy (non-hydrogen) atoms. The summed E-state index contributed by atoms with van der Waals surface area (Å²) in [6.45, 7) is 4.51. The first-order chi connectivity index (χ1) is 16.8. The van der Waals surface area contributed by atoms with Gasteiger partial charge >= 0.3 is 0 Å². The highest BCUT2D eigenvalue weighted by molar-refractivity contribution is 8.00. The Bertz CT molecular complexity index is 1110. The summed E-state index contributed by atoms with van der Waals surface area (Å²) in [5.74, 6) is -0.527. The van der Waals surface area contributed by atoms with E-state index < -0.39 is 11.9 Å². The summed E-state index contributed by atoms with van der Waals surface area (Å²) in [5.41, 5.74) is 1.29. The van der Waals surface area contributed by atoms with Crippen molar-refractivity contribution in [1.29, 1.82) is 0 Å². The maximum Gasteiger partial charge on any atom is 0.243 e. The van der Waals surface area contributed by atoms with Gasteiger partial charge in [0.25, 0.3) is 0 Å². The molecule has 7 heteroatoms. The molecule has 0 aliphatic rings. The van der Waals surface area contributed by atoms with E-state index in [9.17, 15) is 14.0 Å². The Morgan fingerprint density at radius 1 is 0.971 bits per heavy atom. The Morgan fingerprint density at radius 3 is 2.29 bits per heavy atom. The molecule has 184 valence electrons. The molecule has 1 N–H and O–H groups in total. The summed E-state index contributed by atoms with van der Waals surface area (Å²) < 4.78 is 14.6. The molecule has 0 heterocycles. The van der Waals surface area contributed by atoms with Crippen molar-refractivity contribution in [2.24, 2.45) is 5.92 Å². The molecule has 0 unspecified atom stereocenters. The summed E-state index contributed by atoms with van der Waals surface area (Å²) in [5, 5.41) is 3.59. The summed E-state index contributed by atoms with van der Waals surface area (Å²) in [6.07, 6.45) is 0.330. The van der Waals surface area contributed by atoms with Crippen LogP contribution in [0.25, 0.3) is 0 Å². The molecule has 0 spiro atoms. The van der Waals surface area contributed by atoms with Gasteiger partial charge in [0.1, 0.15) is 11.9 Å². The highest BCUT2D eigenvalue weighted by Crippen LogP contribution is 2.23. The predicted octanol–water partition coefficient (Wildman–Crippen LogP) is 5.98. The Hall–Kier alpha value is -2.83. The fraction of sp³-hybridized carbons (Fsp3) is 0.286. The standard InChI is InChI=1S/C28H30ClFN2O2S/c1-20(2)17-31-28(34)26(16-21-8-4-3-5-9-21)32(18-22-10-6-7-11-25(22)30)27(33)19-35-24-14-12-23(29)13-15-24/h3-15,20,26H,16-19H2,1-2H3,(H,31,34)/t26-/m1/s1. The van der Waals surface area contributed by atoms with Gasteiger partial charge in [0.15, 0.2) is 0 Å². The molecule has 0 aromatic heterocycles. The number of carbonyl (C=O) groups excluding carboxylic acids is 2. The minimum Gasteiger partial charge on any atom is -0.354 e. The predicted molar refractivity (Wildman–Crippen MR) is 141 cm³/mol. The highest BCUT2D eigenvalue weighted by Gasteiger charge is 2.31. The monoisotopic (exact) mass is 512 g/mol. The van der Waals surface area contributed by atoms with Gasteiger partial charge in [-0.25, -0.2) is 4.39 Å². The van der Waals surface area contributed by atoms with E-state index in [0.29, 0.717) is 23.6 Å². The van der Waals surface area contributed by atoms with Crippen LogP contribution in [0.15, 0.2) is 83.8 Å². The van der Waals surface area contributed by atoms with Gasteiger partial charge in [-0.1, -0.05) is 74.0 Å². The van der Waals surface area contributed by atoms with Crippen molar-refractivity contribution >= 4 is 35.2 Å². The van der Waals surface area contributed by atoms with Gasteiger partial charge in [0, 0.05) is 35.0 Å². The molecule has 2 amide bonds. The van der Waals surface area contributed by atoms with E-state index in [1.165, 1.54) is 22.7 Å². The first-order valence-corrected chi connectivity index (χ1v) is 12.9. The molecule has 4 nitrogen and oxygen atoms in total. The van der Waals surface area contributed by atoms with Crippen LogP contribution in [-0.4, -0.2) is 35.1 Å². The number of hydrogen-bond donors (Lipinski definition) is 1. The largest absolute Gasteiger partial charge is 0.354 e. The quantitative estimate of drug-likeness (QED) is 0.321. The molecule has 0 aliphatic heterocycles. The van der Waals surface area contributed by atoms with Gasteiger partial charge in [-0.2, -0.15) is 0 Å². The van der Waals surface area contributed by atoms with Crippen LogP contribution < -0.4 is 5.32 Å². The molecular formula is C28H30ClFN2O2S. The van der Waals surface area contributed by atoms with Crippen LogP contribution in [0.3, 0.4) is 0 Å². The van der Waals surface area contributed by atoms with Crippen LogP contribution in [-0.2, 0) is 22.6 Å². The number of hydrogen-bond acceptors (Lipinski definition) is 3. The van der Waals surface area contributed by atoms with Crippen LogP contribution in [0, 0.1) is 11.7 Å². The van der Waals surface area contributed by atoms with Crippen molar-refractivity contribution in [1.82, 2.24) is 10.2 Å². The number of amides is 2. The second kappa shape index (κ2) is 13.3. The van der Waals surface area contributed by atoms with E-state index in [4.69, 9.17) is 11.6 Å². The first-order valence-electron chi connectivity index (χ1n) is 11.6. The van der Waals surface area contributed by atoms with Gasteiger partial charge in [-0.05, 0) is 41.8 Å². The van der Waals surface area contributed by atoms with Crippen LogP contribution in [0.1, 0.15) is 25.0 Å². The van der Waals surface area contributed by atoms with Gasteiger partial charge in [-0.15, -0.1) is 11.8 Å².